The second kappa shape index (κ2) is 9.86. The number of carbonyl (C=O) groups is 2. The largest absolute Gasteiger partial charge is 0.383 e. The van der Waals surface area contributed by atoms with Gasteiger partial charge in [-0.3, -0.25) is 14.9 Å². The first kappa shape index (κ1) is 19.8. The van der Waals surface area contributed by atoms with Crippen LogP contribution in [-0.2, 0) is 4.74 Å². The molecule has 2 rings (SSSR count). The molecule has 2 amide bonds. The van der Waals surface area contributed by atoms with E-state index < -0.39 is 5.91 Å². The molecule has 0 aliphatic carbocycles. The van der Waals surface area contributed by atoms with E-state index in [9.17, 15) is 9.59 Å². The molecule has 2 aromatic carbocycles. The summed E-state index contributed by atoms with van der Waals surface area (Å²) in [6, 6.07) is 13.5. The molecule has 0 aliphatic heterocycles. The van der Waals surface area contributed by atoms with Gasteiger partial charge in [0.15, 0.2) is 5.11 Å². The lowest BCUT2D eigenvalue weighted by Gasteiger charge is -2.14. The van der Waals surface area contributed by atoms with E-state index in [1.807, 2.05) is 0 Å². The molecule has 0 saturated heterocycles. The van der Waals surface area contributed by atoms with E-state index in [1.54, 1.807) is 55.6 Å². The van der Waals surface area contributed by atoms with Crippen molar-refractivity contribution in [3.63, 3.8) is 0 Å². The number of hydrogen-bond donors (Lipinski definition) is 3. The van der Waals surface area contributed by atoms with Gasteiger partial charge in [0.1, 0.15) is 0 Å². The lowest BCUT2D eigenvalue weighted by molar-refractivity contribution is 0.0937. The van der Waals surface area contributed by atoms with Gasteiger partial charge >= 0.3 is 0 Å². The first-order valence-corrected chi connectivity index (χ1v) is 8.54. The maximum Gasteiger partial charge on any atom is 0.258 e. The van der Waals surface area contributed by atoms with E-state index in [-0.39, 0.29) is 11.0 Å². The average molecular weight is 392 g/mol. The fourth-order valence-electron chi connectivity index (χ4n) is 2.12. The molecule has 0 bridgehead atoms. The molecule has 26 heavy (non-hydrogen) atoms. The lowest BCUT2D eigenvalue weighted by atomic mass is 10.1. The molecule has 3 N–H and O–H groups in total. The fourth-order valence-corrected chi connectivity index (χ4v) is 2.55. The van der Waals surface area contributed by atoms with Crippen LogP contribution in [0.2, 0.25) is 5.02 Å². The summed E-state index contributed by atoms with van der Waals surface area (Å²) in [6.07, 6.45) is 0. The van der Waals surface area contributed by atoms with Crippen LogP contribution in [0.25, 0.3) is 0 Å². The van der Waals surface area contributed by atoms with Gasteiger partial charge in [-0.2, -0.15) is 0 Å². The van der Waals surface area contributed by atoms with Crippen LogP contribution in [0, 0.1) is 0 Å². The standard InChI is InChI=1S/C18H18ClN3O3S/c1-25-11-10-20-16(23)13-7-3-5-9-15(13)21-18(26)22-17(24)12-6-2-4-8-14(12)19/h2-9H,10-11H2,1H3,(H,20,23)(H2,21,22,24,26). The van der Waals surface area contributed by atoms with Gasteiger partial charge in [0.25, 0.3) is 11.8 Å². The minimum Gasteiger partial charge on any atom is -0.383 e. The number of rotatable bonds is 6. The van der Waals surface area contributed by atoms with Crippen molar-refractivity contribution in [2.24, 2.45) is 0 Å². The van der Waals surface area contributed by atoms with E-state index in [2.05, 4.69) is 16.0 Å². The van der Waals surface area contributed by atoms with Gasteiger partial charge in [0.2, 0.25) is 0 Å². The topological polar surface area (TPSA) is 79.5 Å². The molecule has 0 fully saturated rings. The molecule has 6 nitrogen and oxygen atoms in total. The highest BCUT2D eigenvalue weighted by molar-refractivity contribution is 7.80. The Morgan fingerprint density at radius 2 is 1.69 bits per heavy atom. The summed E-state index contributed by atoms with van der Waals surface area (Å²) >= 11 is 11.2. The number of nitrogens with one attached hydrogen (secondary N) is 3. The van der Waals surface area contributed by atoms with Crippen LogP contribution in [-0.4, -0.2) is 37.2 Å². The smallest absolute Gasteiger partial charge is 0.258 e. The summed E-state index contributed by atoms with van der Waals surface area (Å²) in [5.74, 6) is -0.708. The van der Waals surface area contributed by atoms with E-state index in [0.29, 0.717) is 35.0 Å². The van der Waals surface area contributed by atoms with Crippen molar-refractivity contribution < 1.29 is 14.3 Å². The number of methoxy groups -OCH3 is 1. The minimum atomic E-state index is -0.435. The van der Waals surface area contributed by atoms with Gasteiger partial charge in [-0.05, 0) is 36.5 Å². The summed E-state index contributed by atoms with van der Waals surface area (Å²) in [4.78, 5) is 24.5. The zero-order valence-electron chi connectivity index (χ0n) is 14.0. The van der Waals surface area contributed by atoms with Crippen molar-refractivity contribution in [3.8, 4) is 0 Å². The van der Waals surface area contributed by atoms with Gasteiger partial charge < -0.3 is 15.4 Å². The molecular weight excluding hydrogens is 374 g/mol. The van der Waals surface area contributed by atoms with Crippen LogP contribution >= 0.6 is 23.8 Å². The Labute approximate surface area is 161 Å². The first-order valence-electron chi connectivity index (χ1n) is 7.76. The van der Waals surface area contributed by atoms with Crippen LogP contribution in [0.15, 0.2) is 48.5 Å². The molecule has 2 aromatic rings. The number of hydrogen-bond acceptors (Lipinski definition) is 4. The molecule has 0 heterocycles. The number of para-hydroxylation sites is 1. The molecule has 0 unspecified atom stereocenters. The molecule has 0 atom stereocenters. The van der Waals surface area contributed by atoms with Crippen LogP contribution in [0.5, 0.6) is 0 Å². The summed E-state index contributed by atoms with van der Waals surface area (Å²) in [6.45, 7) is 0.797. The summed E-state index contributed by atoms with van der Waals surface area (Å²) in [7, 11) is 1.56. The Balaban J connectivity index is 2.04. The van der Waals surface area contributed by atoms with E-state index in [1.165, 1.54) is 0 Å². The van der Waals surface area contributed by atoms with Gasteiger partial charge in [-0.1, -0.05) is 35.9 Å². The van der Waals surface area contributed by atoms with E-state index >= 15 is 0 Å². The zero-order valence-corrected chi connectivity index (χ0v) is 15.6. The van der Waals surface area contributed by atoms with Gasteiger partial charge in [-0.15, -0.1) is 0 Å². The Morgan fingerprint density at radius 3 is 2.38 bits per heavy atom. The summed E-state index contributed by atoms with van der Waals surface area (Å²) in [5.41, 5.74) is 1.19. The third kappa shape index (κ3) is 5.52. The molecule has 0 radical (unpaired) electrons. The van der Waals surface area contributed by atoms with Crippen molar-refractivity contribution in [3.05, 3.63) is 64.7 Å². The zero-order chi connectivity index (χ0) is 18.9. The highest BCUT2D eigenvalue weighted by Crippen LogP contribution is 2.16. The number of carbonyl (C=O) groups excluding carboxylic acids is 2. The molecular formula is C18H18ClN3O3S. The Morgan fingerprint density at radius 1 is 1.04 bits per heavy atom. The predicted octanol–water partition coefficient (Wildman–Crippen LogP) is 2.84. The molecule has 0 spiro atoms. The van der Waals surface area contributed by atoms with E-state index in [0.717, 1.165) is 0 Å². The summed E-state index contributed by atoms with van der Waals surface area (Å²) < 4.78 is 4.91. The Hall–Kier alpha value is -2.48. The SMILES string of the molecule is COCCNC(=O)c1ccccc1NC(=S)NC(=O)c1ccccc1Cl. The highest BCUT2D eigenvalue weighted by atomic mass is 35.5. The second-order valence-corrected chi connectivity index (χ2v) is 6.00. The molecule has 136 valence electrons. The molecule has 8 heteroatoms. The Kier molecular flexibility index (Phi) is 7.53. The number of benzene rings is 2. The normalized spacial score (nSPS) is 10.1. The first-order chi connectivity index (χ1) is 12.5. The maximum absolute atomic E-state index is 12.3. The quantitative estimate of drug-likeness (QED) is 0.521. The van der Waals surface area contributed by atoms with Gasteiger partial charge in [-0.25, -0.2) is 0 Å². The van der Waals surface area contributed by atoms with E-state index in [4.69, 9.17) is 28.6 Å². The van der Waals surface area contributed by atoms with Crippen LogP contribution < -0.4 is 16.0 Å². The maximum atomic E-state index is 12.3. The molecule has 0 aliphatic rings. The monoisotopic (exact) mass is 391 g/mol. The minimum absolute atomic E-state index is 0.0621. The number of halogens is 1. The number of anilines is 1. The average Bonchev–Trinajstić information content (AvgIpc) is 2.62. The number of ether oxygens (including phenoxy) is 1. The van der Waals surface area contributed by atoms with Crippen molar-refractivity contribution in [2.75, 3.05) is 25.6 Å². The lowest BCUT2D eigenvalue weighted by Crippen LogP contribution is -2.35. The van der Waals surface area contributed by atoms with Gasteiger partial charge in [0.05, 0.1) is 28.4 Å². The third-order valence-corrected chi connectivity index (χ3v) is 3.89. The van der Waals surface area contributed by atoms with Gasteiger partial charge in [0, 0.05) is 13.7 Å². The van der Waals surface area contributed by atoms with Crippen molar-refractivity contribution in [1.82, 2.24) is 10.6 Å². The Bertz CT molecular complexity index is 814. The fraction of sp³-hybridized carbons (Fsp3) is 0.167. The molecule has 0 saturated carbocycles. The van der Waals surface area contributed by atoms with Crippen molar-refractivity contribution in [2.45, 2.75) is 0 Å². The number of amides is 2. The number of thiocarbonyl (C=S) groups is 1. The van der Waals surface area contributed by atoms with Crippen LogP contribution in [0.4, 0.5) is 5.69 Å². The van der Waals surface area contributed by atoms with Crippen LogP contribution in [0.1, 0.15) is 20.7 Å². The van der Waals surface area contributed by atoms with Crippen molar-refractivity contribution in [1.29, 1.82) is 0 Å². The molecule has 0 aromatic heterocycles. The summed E-state index contributed by atoms with van der Waals surface area (Å²) in [5, 5.41) is 8.54. The highest BCUT2D eigenvalue weighted by Gasteiger charge is 2.14. The predicted molar refractivity (Wildman–Crippen MR) is 106 cm³/mol. The third-order valence-electron chi connectivity index (χ3n) is 3.36. The van der Waals surface area contributed by atoms with Crippen molar-refractivity contribution >= 4 is 46.4 Å². The second-order valence-electron chi connectivity index (χ2n) is 5.18. The van der Waals surface area contributed by atoms with Crippen LogP contribution in [0.3, 0.4) is 0 Å².